The van der Waals surface area contributed by atoms with E-state index in [0.717, 1.165) is 0 Å². The van der Waals surface area contributed by atoms with Crippen molar-refractivity contribution < 1.29 is 18.6 Å². The van der Waals surface area contributed by atoms with Gasteiger partial charge in [0.25, 0.3) is 0 Å². The first kappa shape index (κ1) is 17.5. The van der Waals surface area contributed by atoms with Crippen LogP contribution in [0.15, 0.2) is 39.5 Å². The predicted octanol–water partition coefficient (Wildman–Crippen LogP) is 4.79. The van der Waals surface area contributed by atoms with Crippen LogP contribution in [0.5, 0.6) is 17.2 Å². The molecule has 0 N–H and O–H groups in total. The van der Waals surface area contributed by atoms with E-state index >= 15 is 0 Å². The Morgan fingerprint density at radius 3 is 2.04 bits per heavy atom. The van der Waals surface area contributed by atoms with Crippen molar-refractivity contribution in [3.05, 3.63) is 50.6 Å². The normalized spacial score (nSPS) is 10.8. The van der Waals surface area contributed by atoms with Crippen molar-refractivity contribution in [2.75, 3.05) is 21.3 Å². The SMILES string of the molecule is COc1cc2oc(-c3cc(Cl)cc(Cl)c3)cc(=O)c2c(OC)c1OC. The number of halogens is 2. The first-order chi connectivity index (χ1) is 12.0. The highest BCUT2D eigenvalue weighted by molar-refractivity contribution is 6.35. The number of rotatable bonds is 4. The van der Waals surface area contributed by atoms with Crippen LogP contribution in [0.25, 0.3) is 22.3 Å². The van der Waals surface area contributed by atoms with Gasteiger partial charge in [-0.2, -0.15) is 0 Å². The van der Waals surface area contributed by atoms with Gasteiger partial charge in [0.1, 0.15) is 16.7 Å². The zero-order valence-electron chi connectivity index (χ0n) is 13.7. The fourth-order valence-corrected chi connectivity index (χ4v) is 3.15. The highest BCUT2D eigenvalue weighted by atomic mass is 35.5. The monoisotopic (exact) mass is 380 g/mol. The first-order valence-electron chi connectivity index (χ1n) is 7.21. The van der Waals surface area contributed by atoms with E-state index in [1.165, 1.54) is 27.4 Å². The summed E-state index contributed by atoms with van der Waals surface area (Å²) in [5, 5.41) is 1.14. The molecule has 1 heterocycles. The quantitative estimate of drug-likeness (QED) is 0.650. The minimum atomic E-state index is -0.287. The lowest BCUT2D eigenvalue weighted by molar-refractivity contribution is 0.326. The Balaban J connectivity index is 2.35. The number of hydrogen-bond donors (Lipinski definition) is 0. The Hall–Kier alpha value is -2.37. The summed E-state index contributed by atoms with van der Waals surface area (Å²) in [6.07, 6.45) is 0. The van der Waals surface area contributed by atoms with Gasteiger partial charge in [-0.25, -0.2) is 0 Å². The molecule has 3 aromatic rings. The van der Waals surface area contributed by atoms with Crippen LogP contribution >= 0.6 is 23.2 Å². The number of methoxy groups -OCH3 is 3. The minimum Gasteiger partial charge on any atom is -0.493 e. The van der Waals surface area contributed by atoms with Gasteiger partial charge in [0, 0.05) is 27.7 Å². The van der Waals surface area contributed by atoms with E-state index in [-0.39, 0.29) is 16.6 Å². The highest BCUT2D eigenvalue weighted by Crippen LogP contribution is 2.42. The summed E-state index contributed by atoms with van der Waals surface area (Å²) in [4.78, 5) is 12.7. The topological polar surface area (TPSA) is 57.9 Å². The lowest BCUT2D eigenvalue weighted by Crippen LogP contribution is -2.05. The molecular formula is C18H14Cl2O5. The number of hydrogen-bond acceptors (Lipinski definition) is 5. The molecule has 0 bridgehead atoms. The fourth-order valence-electron chi connectivity index (χ4n) is 2.63. The maximum Gasteiger partial charge on any atom is 0.204 e. The van der Waals surface area contributed by atoms with Gasteiger partial charge < -0.3 is 18.6 Å². The van der Waals surface area contributed by atoms with E-state index in [2.05, 4.69) is 0 Å². The second-order valence-corrected chi connectivity index (χ2v) is 6.02. The molecule has 0 saturated carbocycles. The molecule has 130 valence electrons. The molecule has 25 heavy (non-hydrogen) atoms. The molecule has 0 amide bonds. The second-order valence-electron chi connectivity index (χ2n) is 5.15. The van der Waals surface area contributed by atoms with Gasteiger partial charge in [-0.15, -0.1) is 0 Å². The second kappa shape index (κ2) is 6.86. The molecule has 0 spiro atoms. The van der Waals surface area contributed by atoms with Crippen molar-refractivity contribution in [3.63, 3.8) is 0 Å². The van der Waals surface area contributed by atoms with E-state index in [1.54, 1.807) is 24.3 Å². The zero-order valence-corrected chi connectivity index (χ0v) is 15.2. The van der Waals surface area contributed by atoms with Gasteiger partial charge in [0.05, 0.1) is 21.3 Å². The van der Waals surface area contributed by atoms with Gasteiger partial charge >= 0.3 is 0 Å². The third-order valence-corrected chi connectivity index (χ3v) is 4.11. The summed E-state index contributed by atoms with van der Waals surface area (Å²) in [6, 6.07) is 7.86. The molecule has 0 radical (unpaired) electrons. The third kappa shape index (κ3) is 3.13. The molecule has 1 aromatic heterocycles. The molecule has 0 aliphatic heterocycles. The fraction of sp³-hybridized carbons (Fsp3) is 0.167. The van der Waals surface area contributed by atoms with Crippen molar-refractivity contribution in [1.29, 1.82) is 0 Å². The van der Waals surface area contributed by atoms with Crippen LogP contribution in [0.2, 0.25) is 10.0 Å². The summed E-state index contributed by atoms with van der Waals surface area (Å²) in [6.45, 7) is 0. The molecule has 0 saturated heterocycles. The van der Waals surface area contributed by atoms with Gasteiger partial charge in [0.15, 0.2) is 16.9 Å². The number of ether oxygens (including phenoxy) is 3. The van der Waals surface area contributed by atoms with Gasteiger partial charge in [-0.05, 0) is 18.2 Å². The maximum absolute atomic E-state index is 12.7. The molecule has 0 fully saturated rings. The van der Waals surface area contributed by atoms with Gasteiger partial charge in [0.2, 0.25) is 5.75 Å². The molecule has 0 aliphatic carbocycles. The van der Waals surface area contributed by atoms with Crippen LogP contribution < -0.4 is 19.6 Å². The van der Waals surface area contributed by atoms with E-state index in [4.69, 9.17) is 41.8 Å². The van der Waals surface area contributed by atoms with Crippen LogP contribution in [0.4, 0.5) is 0 Å². The lowest BCUT2D eigenvalue weighted by atomic mass is 10.1. The van der Waals surface area contributed by atoms with Crippen molar-refractivity contribution in [3.8, 4) is 28.6 Å². The Labute approximate surface area is 153 Å². The predicted molar refractivity (Wildman–Crippen MR) is 97.6 cm³/mol. The Bertz CT molecular complexity index is 990. The Morgan fingerprint density at radius 1 is 0.840 bits per heavy atom. The van der Waals surface area contributed by atoms with Crippen LogP contribution in [0.3, 0.4) is 0 Å². The standard InChI is InChI=1S/C18H14Cl2O5/c1-22-15-8-14-16(18(24-3)17(15)23-2)12(21)7-13(25-14)9-4-10(19)6-11(20)5-9/h4-8H,1-3H3. The van der Waals surface area contributed by atoms with Crippen LogP contribution in [-0.2, 0) is 0 Å². The summed E-state index contributed by atoms with van der Waals surface area (Å²) in [7, 11) is 4.40. The molecule has 0 unspecified atom stereocenters. The van der Waals surface area contributed by atoms with Crippen LogP contribution in [-0.4, -0.2) is 21.3 Å². The average Bonchev–Trinajstić information content (AvgIpc) is 2.58. The largest absolute Gasteiger partial charge is 0.493 e. The molecule has 0 aliphatic rings. The third-order valence-electron chi connectivity index (χ3n) is 3.67. The summed E-state index contributed by atoms with van der Waals surface area (Å²) in [5.74, 6) is 1.29. The van der Waals surface area contributed by atoms with Crippen molar-refractivity contribution in [1.82, 2.24) is 0 Å². The zero-order chi connectivity index (χ0) is 18.1. The molecule has 3 rings (SSSR count). The van der Waals surface area contributed by atoms with E-state index in [9.17, 15) is 4.79 Å². The first-order valence-corrected chi connectivity index (χ1v) is 7.97. The lowest BCUT2D eigenvalue weighted by Gasteiger charge is -2.14. The maximum atomic E-state index is 12.7. The summed E-state index contributed by atoms with van der Waals surface area (Å²) in [5.41, 5.74) is 0.600. The van der Waals surface area contributed by atoms with E-state index < -0.39 is 0 Å². The van der Waals surface area contributed by atoms with Crippen molar-refractivity contribution in [2.24, 2.45) is 0 Å². The van der Waals surface area contributed by atoms with Gasteiger partial charge in [-0.3, -0.25) is 4.79 Å². The molecule has 5 nitrogen and oxygen atoms in total. The number of fused-ring (bicyclic) bond motifs is 1. The average molecular weight is 381 g/mol. The van der Waals surface area contributed by atoms with Crippen molar-refractivity contribution in [2.45, 2.75) is 0 Å². The van der Waals surface area contributed by atoms with Gasteiger partial charge in [-0.1, -0.05) is 23.2 Å². The van der Waals surface area contributed by atoms with Crippen LogP contribution in [0, 0.1) is 0 Å². The minimum absolute atomic E-state index is 0.251. The molecule has 0 atom stereocenters. The Kier molecular flexibility index (Phi) is 4.79. The smallest absolute Gasteiger partial charge is 0.204 e. The summed E-state index contributed by atoms with van der Waals surface area (Å²) >= 11 is 12.1. The Morgan fingerprint density at radius 2 is 1.48 bits per heavy atom. The van der Waals surface area contributed by atoms with E-state index in [0.29, 0.717) is 38.5 Å². The summed E-state index contributed by atoms with van der Waals surface area (Å²) < 4.78 is 21.8. The molecular weight excluding hydrogens is 367 g/mol. The molecule has 2 aromatic carbocycles. The van der Waals surface area contributed by atoms with Crippen LogP contribution in [0.1, 0.15) is 0 Å². The highest BCUT2D eigenvalue weighted by Gasteiger charge is 2.20. The molecule has 7 heteroatoms. The van der Waals surface area contributed by atoms with E-state index in [1.807, 2.05) is 0 Å². The number of benzene rings is 2. The van der Waals surface area contributed by atoms with Crippen molar-refractivity contribution >= 4 is 34.2 Å².